The van der Waals surface area contributed by atoms with E-state index in [1.165, 1.54) is 5.56 Å². The zero-order valence-corrected chi connectivity index (χ0v) is 9.94. The molecule has 0 saturated heterocycles. The lowest BCUT2D eigenvalue weighted by Crippen LogP contribution is -1.92. The third-order valence-corrected chi connectivity index (χ3v) is 2.98. The van der Waals surface area contributed by atoms with Crippen LogP contribution < -0.4 is 0 Å². The number of benzene rings is 1. The quantitative estimate of drug-likeness (QED) is 0.635. The van der Waals surface area contributed by atoms with E-state index in [1.807, 2.05) is 25.1 Å². The summed E-state index contributed by atoms with van der Waals surface area (Å²) in [6.07, 6.45) is 5.32. The van der Waals surface area contributed by atoms with Gasteiger partial charge in [0.1, 0.15) is 0 Å². The van der Waals surface area contributed by atoms with Gasteiger partial charge < -0.3 is 0 Å². The molecule has 0 N–H and O–H groups in total. The van der Waals surface area contributed by atoms with Crippen molar-refractivity contribution in [3.05, 3.63) is 46.0 Å². The molecule has 0 aliphatic carbocycles. The fourth-order valence-electron chi connectivity index (χ4n) is 1.46. The highest BCUT2D eigenvalue weighted by atomic mass is 35.5. The summed E-state index contributed by atoms with van der Waals surface area (Å²) in [7, 11) is 0. The van der Waals surface area contributed by atoms with Crippen molar-refractivity contribution in [1.29, 1.82) is 0 Å². The van der Waals surface area contributed by atoms with Crippen LogP contribution >= 0.6 is 23.2 Å². The van der Waals surface area contributed by atoms with Crippen molar-refractivity contribution < 1.29 is 0 Å². The molecule has 0 bridgehead atoms. The highest BCUT2D eigenvalue weighted by molar-refractivity contribution is 6.42. The molecule has 0 radical (unpaired) electrons. The summed E-state index contributed by atoms with van der Waals surface area (Å²) in [4.78, 5) is 0. The molecule has 0 heterocycles. The van der Waals surface area contributed by atoms with Crippen molar-refractivity contribution in [3.63, 3.8) is 0 Å². The Labute approximate surface area is 95.5 Å². The van der Waals surface area contributed by atoms with Crippen molar-refractivity contribution in [3.8, 4) is 0 Å². The Bertz CT molecular complexity index is 329. The van der Waals surface area contributed by atoms with Crippen LogP contribution in [0.3, 0.4) is 0 Å². The van der Waals surface area contributed by atoms with E-state index >= 15 is 0 Å². The zero-order chi connectivity index (χ0) is 10.6. The predicted octanol–water partition coefficient (Wildman–Crippen LogP) is 5.06. The molecule has 1 aromatic carbocycles. The molecule has 1 atom stereocenters. The van der Waals surface area contributed by atoms with E-state index in [4.69, 9.17) is 23.2 Å². The molecule has 76 valence electrons. The summed E-state index contributed by atoms with van der Waals surface area (Å²) < 4.78 is 0. The maximum absolute atomic E-state index is 5.96. The summed E-state index contributed by atoms with van der Waals surface area (Å²) in [5.74, 6) is 0.440. The van der Waals surface area contributed by atoms with Crippen molar-refractivity contribution in [1.82, 2.24) is 0 Å². The van der Waals surface area contributed by atoms with Gasteiger partial charge in [-0.25, -0.2) is 0 Å². The van der Waals surface area contributed by atoms with Gasteiger partial charge in [-0.2, -0.15) is 0 Å². The second-order valence-corrected chi connectivity index (χ2v) is 4.03. The van der Waals surface area contributed by atoms with Crippen LogP contribution in [0.15, 0.2) is 30.4 Å². The summed E-state index contributed by atoms with van der Waals surface area (Å²) in [5.41, 5.74) is 1.22. The second-order valence-electron chi connectivity index (χ2n) is 3.21. The van der Waals surface area contributed by atoms with E-state index in [1.54, 1.807) is 0 Å². The maximum Gasteiger partial charge on any atom is 0.0595 e. The molecule has 0 saturated carbocycles. The Balaban J connectivity index is 2.99. The van der Waals surface area contributed by atoms with E-state index in [-0.39, 0.29) is 0 Å². The van der Waals surface area contributed by atoms with Crippen LogP contribution in [0.2, 0.25) is 10.0 Å². The molecule has 0 fully saturated rings. The average molecular weight is 229 g/mol. The first-order chi connectivity index (χ1) is 6.69. The van der Waals surface area contributed by atoms with Crippen LogP contribution in [0.5, 0.6) is 0 Å². The van der Waals surface area contributed by atoms with Crippen LogP contribution in [0.25, 0.3) is 0 Å². The van der Waals surface area contributed by atoms with Gasteiger partial charge in [-0.15, -0.1) is 0 Å². The van der Waals surface area contributed by atoms with Crippen LogP contribution in [0, 0.1) is 0 Å². The number of halogens is 2. The van der Waals surface area contributed by atoms with Gasteiger partial charge in [-0.1, -0.05) is 48.3 Å². The monoisotopic (exact) mass is 228 g/mol. The Morgan fingerprint density at radius 2 is 2.00 bits per heavy atom. The van der Waals surface area contributed by atoms with E-state index in [9.17, 15) is 0 Å². The van der Waals surface area contributed by atoms with Gasteiger partial charge in [0.25, 0.3) is 0 Å². The van der Waals surface area contributed by atoms with Gasteiger partial charge in [-0.05, 0) is 31.0 Å². The molecule has 14 heavy (non-hydrogen) atoms. The Morgan fingerprint density at radius 3 is 2.50 bits per heavy atom. The standard InChI is InChI=1S/C12H14Cl2/c1-3-5-9(4-2)10-6-7-11(13)12(14)8-10/h3,5-9H,4H2,1-2H3/t9-/m1/s1. The van der Waals surface area contributed by atoms with Crippen LogP contribution in [-0.4, -0.2) is 0 Å². The van der Waals surface area contributed by atoms with E-state index in [0.717, 1.165) is 6.42 Å². The van der Waals surface area contributed by atoms with Gasteiger partial charge in [0, 0.05) is 5.92 Å². The fourth-order valence-corrected chi connectivity index (χ4v) is 1.76. The average Bonchev–Trinajstić information content (AvgIpc) is 2.19. The van der Waals surface area contributed by atoms with Gasteiger partial charge in [-0.3, -0.25) is 0 Å². The van der Waals surface area contributed by atoms with Crippen LogP contribution in [0.1, 0.15) is 31.7 Å². The SMILES string of the molecule is CC=C[C@@H](CC)c1ccc(Cl)c(Cl)c1. The van der Waals surface area contributed by atoms with E-state index in [2.05, 4.69) is 19.1 Å². The normalized spacial score (nSPS) is 13.4. The van der Waals surface area contributed by atoms with Crippen molar-refractivity contribution in [2.24, 2.45) is 0 Å². The summed E-state index contributed by atoms with van der Waals surface area (Å²) in [5, 5.41) is 1.25. The number of rotatable bonds is 3. The predicted molar refractivity (Wildman–Crippen MR) is 64.3 cm³/mol. The molecule has 0 aromatic heterocycles. The molecule has 1 rings (SSSR count). The third-order valence-electron chi connectivity index (χ3n) is 2.24. The molecule has 0 spiro atoms. The third kappa shape index (κ3) is 2.76. The number of hydrogen-bond acceptors (Lipinski definition) is 0. The number of allylic oxidation sites excluding steroid dienone is 2. The first-order valence-electron chi connectivity index (χ1n) is 4.76. The molecule has 0 nitrogen and oxygen atoms in total. The smallest absolute Gasteiger partial charge is 0.0595 e. The summed E-state index contributed by atoms with van der Waals surface area (Å²) in [6, 6.07) is 5.83. The minimum atomic E-state index is 0.440. The van der Waals surface area contributed by atoms with Gasteiger partial charge in [0.15, 0.2) is 0 Å². The second kappa shape index (κ2) is 5.43. The molecule has 0 amide bonds. The van der Waals surface area contributed by atoms with Crippen LogP contribution in [-0.2, 0) is 0 Å². The van der Waals surface area contributed by atoms with Crippen LogP contribution in [0.4, 0.5) is 0 Å². The summed E-state index contributed by atoms with van der Waals surface area (Å²) >= 11 is 11.8. The lowest BCUT2D eigenvalue weighted by Gasteiger charge is -2.11. The Kier molecular flexibility index (Phi) is 4.50. The Morgan fingerprint density at radius 1 is 1.29 bits per heavy atom. The van der Waals surface area contributed by atoms with Gasteiger partial charge in [0.2, 0.25) is 0 Å². The highest BCUT2D eigenvalue weighted by Crippen LogP contribution is 2.28. The number of hydrogen-bond donors (Lipinski definition) is 0. The first kappa shape index (κ1) is 11.6. The molecule has 0 aliphatic heterocycles. The van der Waals surface area contributed by atoms with E-state index < -0.39 is 0 Å². The largest absolute Gasteiger partial charge is 0.0910 e. The molecule has 1 aromatic rings. The van der Waals surface area contributed by atoms with Crippen molar-refractivity contribution >= 4 is 23.2 Å². The molecule has 0 unspecified atom stereocenters. The van der Waals surface area contributed by atoms with Crippen molar-refractivity contribution in [2.45, 2.75) is 26.2 Å². The fraction of sp³-hybridized carbons (Fsp3) is 0.333. The molecular weight excluding hydrogens is 215 g/mol. The topological polar surface area (TPSA) is 0 Å². The minimum absolute atomic E-state index is 0.440. The molecule has 2 heteroatoms. The molecular formula is C12H14Cl2. The summed E-state index contributed by atoms with van der Waals surface area (Å²) in [6.45, 7) is 4.19. The lowest BCUT2D eigenvalue weighted by atomic mass is 9.96. The maximum atomic E-state index is 5.96. The van der Waals surface area contributed by atoms with Gasteiger partial charge in [0.05, 0.1) is 10.0 Å². The molecule has 0 aliphatic rings. The van der Waals surface area contributed by atoms with E-state index in [0.29, 0.717) is 16.0 Å². The lowest BCUT2D eigenvalue weighted by molar-refractivity contribution is 0.804. The van der Waals surface area contributed by atoms with Gasteiger partial charge >= 0.3 is 0 Å². The minimum Gasteiger partial charge on any atom is -0.0910 e. The van der Waals surface area contributed by atoms with Crippen molar-refractivity contribution in [2.75, 3.05) is 0 Å². The highest BCUT2D eigenvalue weighted by Gasteiger charge is 2.07. The zero-order valence-electron chi connectivity index (χ0n) is 8.43. The first-order valence-corrected chi connectivity index (χ1v) is 5.52. The Hall–Kier alpha value is -0.460.